The van der Waals surface area contributed by atoms with Crippen LogP contribution in [0.3, 0.4) is 0 Å². The van der Waals surface area contributed by atoms with Crippen LogP contribution in [0.1, 0.15) is 13.3 Å². The lowest BCUT2D eigenvalue weighted by Crippen LogP contribution is -2.44. The molecular formula is C8H11NO5. The highest BCUT2D eigenvalue weighted by Gasteiger charge is 2.43. The van der Waals surface area contributed by atoms with Crippen molar-refractivity contribution in [3.05, 3.63) is 0 Å². The molecule has 6 nitrogen and oxygen atoms in total. The van der Waals surface area contributed by atoms with Crippen molar-refractivity contribution in [3.63, 3.8) is 0 Å². The zero-order chi connectivity index (χ0) is 10.9. The van der Waals surface area contributed by atoms with E-state index in [1.165, 1.54) is 14.0 Å². The number of rotatable bonds is 3. The molecule has 6 heteroatoms. The summed E-state index contributed by atoms with van der Waals surface area (Å²) in [5, 5.41) is 8.65. The maximum atomic E-state index is 11.4. The SMILES string of the molecule is COC1CC(=O)N(C(C)C(=O)O)C1=O. The van der Waals surface area contributed by atoms with Crippen LogP contribution in [-0.2, 0) is 19.1 Å². The van der Waals surface area contributed by atoms with Crippen LogP contribution in [0.4, 0.5) is 0 Å². The highest BCUT2D eigenvalue weighted by Crippen LogP contribution is 2.18. The van der Waals surface area contributed by atoms with Crippen LogP contribution in [0, 0.1) is 0 Å². The molecule has 1 N–H and O–H groups in total. The monoisotopic (exact) mass is 201 g/mol. The van der Waals surface area contributed by atoms with Crippen molar-refractivity contribution < 1.29 is 24.2 Å². The van der Waals surface area contributed by atoms with Crippen molar-refractivity contribution in [1.29, 1.82) is 0 Å². The number of methoxy groups -OCH3 is 1. The molecule has 0 spiro atoms. The van der Waals surface area contributed by atoms with Crippen LogP contribution < -0.4 is 0 Å². The third-order valence-electron chi connectivity index (χ3n) is 2.17. The standard InChI is InChI=1S/C8H11NO5/c1-4(8(12)13)9-6(10)3-5(14-2)7(9)11/h4-5H,3H2,1-2H3,(H,12,13). The van der Waals surface area contributed by atoms with Gasteiger partial charge in [0.2, 0.25) is 5.91 Å². The molecule has 1 aliphatic rings. The molecule has 1 fully saturated rings. The number of likely N-dealkylation sites (tertiary alicyclic amines) is 1. The zero-order valence-corrected chi connectivity index (χ0v) is 7.89. The van der Waals surface area contributed by atoms with E-state index in [1.807, 2.05) is 0 Å². The molecule has 1 aliphatic heterocycles. The zero-order valence-electron chi connectivity index (χ0n) is 7.89. The van der Waals surface area contributed by atoms with Crippen LogP contribution in [0.25, 0.3) is 0 Å². The summed E-state index contributed by atoms with van der Waals surface area (Å²) in [5.74, 6) is -2.28. The normalized spacial score (nSPS) is 24.1. The first-order valence-electron chi connectivity index (χ1n) is 4.10. The second kappa shape index (κ2) is 3.75. The summed E-state index contributed by atoms with van der Waals surface area (Å²) >= 11 is 0. The molecule has 14 heavy (non-hydrogen) atoms. The molecule has 78 valence electrons. The Morgan fingerprint density at radius 3 is 2.57 bits per heavy atom. The molecule has 0 aromatic rings. The minimum absolute atomic E-state index is 0.0764. The fourth-order valence-electron chi connectivity index (χ4n) is 1.32. The number of carbonyl (C=O) groups excluding carboxylic acids is 2. The van der Waals surface area contributed by atoms with E-state index in [4.69, 9.17) is 9.84 Å². The van der Waals surface area contributed by atoms with Crippen molar-refractivity contribution in [2.24, 2.45) is 0 Å². The van der Waals surface area contributed by atoms with E-state index in [2.05, 4.69) is 0 Å². The lowest BCUT2D eigenvalue weighted by atomic mass is 10.3. The summed E-state index contributed by atoms with van der Waals surface area (Å²) in [7, 11) is 1.31. The molecule has 0 aromatic carbocycles. The number of imide groups is 1. The molecule has 2 atom stereocenters. The molecule has 1 heterocycles. The molecule has 0 aliphatic carbocycles. The van der Waals surface area contributed by atoms with Gasteiger partial charge in [-0.25, -0.2) is 4.79 Å². The topological polar surface area (TPSA) is 83.9 Å². The van der Waals surface area contributed by atoms with Gasteiger partial charge in [0.15, 0.2) is 0 Å². The summed E-state index contributed by atoms with van der Waals surface area (Å²) in [6.07, 6.45) is -0.906. The average Bonchev–Trinajstić information content (AvgIpc) is 2.40. The van der Waals surface area contributed by atoms with Gasteiger partial charge in [0.1, 0.15) is 12.1 Å². The summed E-state index contributed by atoms with van der Waals surface area (Å²) in [4.78, 5) is 34.0. The summed E-state index contributed by atoms with van der Waals surface area (Å²) in [6, 6.07) is -1.13. The van der Waals surface area contributed by atoms with Gasteiger partial charge in [-0.2, -0.15) is 0 Å². The highest BCUT2D eigenvalue weighted by atomic mass is 16.5. The lowest BCUT2D eigenvalue weighted by molar-refractivity contribution is -0.154. The summed E-state index contributed by atoms with van der Waals surface area (Å²) in [5.41, 5.74) is 0. The van der Waals surface area contributed by atoms with Gasteiger partial charge in [-0.3, -0.25) is 14.5 Å². The molecule has 2 unspecified atom stereocenters. The van der Waals surface area contributed by atoms with E-state index in [-0.39, 0.29) is 6.42 Å². The second-order valence-corrected chi connectivity index (χ2v) is 3.04. The van der Waals surface area contributed by atoms with E-state index >= 15 is 0 Å². The second-order valence-electron chi connectivity index (χ2n) is 3.04. The Morgan fingerprint density at radius 1 is 1.64 bits per heavy atom. The van der Waals surface area contributed by atoms with Gasteiger partial charge in [-0.15, -0.1) is 0 Å². The van der Waals surface area contributed by atoms with E-state index in [0.29, 0.717) is 0 Å². The van der Waals surface area contributed by atoms with Gasteiger partial charge in [0, 0.05) is 7.11 Å². The van der Waals surface area contributed by atoms with Crippen LogP contribution in [0.2, 0.25) is 0 Å². The number of carbonyl (C=O) groups is 3. The van der Waals surface area contributed by atoms with Crippen molar-refractivity contribution >= 4 is 17.8 Å². The number of ether oxygens (including phenoxy) is 1. The van der Waals surface area contributed by atoms with Crippen molar-refractivity contribution in [2.75, 3.05) is 7.11 Å². The minimum atomic E-state index is -1.21. The molecule has 1 saturated heterocycles. The number of carboxylic acid groups (broad SMARTS) is 1. The van der Waals surface area contributed by atoms with Gasteiger partial charge in [0.25, 0.3) is 5.91 Å². The minimum Gasteiger partial charge on any atom is -0.480 e. The van der Waals surface area contributed by atoms with Gasteiger partial charge >= 0.3 is 5.97 Å². The maximum Gasteiger partial charge on any atom is 0.326 e. The Hall–Kier alpha value is -1.43. The Kier molecular flexibility index (Phi) is 2.85. The fourth-order valence-corrected chi connectivity index (χ4v) is 1.32. The Labute approximate surface area is 80.4 Å². The molecule has 1 rings (SSSR count). The number of nitrogens with zero attached hydrogens (tertiary/aromatic N) is 1. The predicted molar refractivity (Wildman–Crippen MR) is 44.4 cm³/mol. The van der Waals surface area contributed by atoms with E-state index in [1.54, 1.807) is 0 Å². The van der Waals surface area contributed by atoms with E-state index in [0.717, 1.165) is 4.90 Å². The first-order valence-corrected chi connectivity index (χ1v) is 4.10. The Balaban J connectivity index is 2.85. The number of carboxylic acids is 1. The molecule has 2 amide bonds. The number of hydrogen-bond donors (Lipinski definition) is 1. The first-order chi connectivity index (χ1) is 6.49. The number of amides is 2. The van der Waals surface area contributed by atoms with Crippen LogP contribution >= 0.6 is 0 Å². The summed E-state index contributed by atoms with van der Waals surface area (Å²) < 4.78 is 4.75. The quantitative estimate of drug-likeness (QED) is 0.606. The molecule has 0 radical (unpaired) electrons. The Bertz CT molecular complexity index is 287. The van der Waals surface area contributed by atoms with Crippen LogP contribution in [0.5, 0.6) is 0 Å². The average molecular weight is 201 g/mol. The largest absolute Gasteiger partial charge is 0.480 e. The van der Waals surface area contributed by atoms with Crippen molar-refractivity contribution in [1.82, 2.24) is 4.90 Å². The fraction of sp³-hybridized carbons (Fsp3) is 0.625. The predicted octanol–water partition coefficient (Wildman–Crippen LogP) is -0.767. The molecular weight excluding hydrogens is 190 g/mol. The molecule has 0 aromatic heterocycles. The van der Waals surface area contributed by atoms with E-state index in [9.17, 15) is 14.4 Å². The van der Waals surface area contributed by atoms with Gasteiger partial charge < -0.3 is 9.84 Å². The maximum absolute atomic E-state index is 11.4. The van der Waals surface area contributed by atoms with Gasteiger partial charge in [-0.1, -0.05) is 0 Å². The number of aliphatic carboxylic acids is 1. The molecule has 0 saturated carbocycles. The van der Waals surface area contributed by atoms with Crippen LogP contribution in [0.15, 0.2) is 0 Å². The first kappa shape index (κ1) is 10.6. The molecule has 0 bridgehead atoms. The van der Waals surface area contributed by atoms with E-state index < -0.39 is 29.9 Å². The van der Waals surface area contributed by atoms with Crippen molar-refractivity contribution in [2.45, 2.75) is 25.5 Å². The van der Waals surface area contributed by atoms with Crippen molar-refractivity contribution in [3.8, 4) is 0 Å². The highest BCUT2D eigenvalue weighted by molar-refractivity contribution is 6.07. The van der Waals surface area contributed by atoms with Gasteiger partial charge in [-0.05, 0) is 6.92 Å². The lowest BCUT2D eigenvalue weighted by Gasteiger charge is -2.18. The third-order valence-corrected chi connectivity index (χ3v) is 2.17. The van der Waals surface area contributed by atoms with Crippen LogP contribution in [-0.4, -0.2) is 47.0 Å². The number of hydrogen-bond acceptors (Lipinski definition) is 4. The Morgan fingerprint density at radius 2 is 2.21 bits per heavy atom. The smallest absolute Gasteiger partial charge is 0.326 e. The van der Waals surface area contributed by atoms with Gasteiger partial charge in [0.05, 0.1) is 6.42 Å². The summed E-state index contributed by atoms with van der Waals surface area (Å²) in [6.45, 7) is 1.29. The third kappa shape index (κ3) is 1.60.